The Hall–Kier alpha value is -1.69. The number of aryl methyl sites for hydroxylation is 1. The average molecular weight is 278 g/mol. The van der Waals surface area contributed by atoms with E-state index in [4.69, 9.17) is 12.2 Å². The van der Waals surface area contributed by atoms with Crippen LogP contribution < -0.4 is 5.56 Å². The van der Waals surface area contributed by atoms with E-state index in [1.165, 1.54) is 0 Å². The van der Waals surface area contributed by atoms with Crippen LogP contribution in [0.15, 0.2) is 23.1 Å². The smallest absolute Gasteiger partial charge is 0.261 e. The number of nitrogens with one attached hydrogen (secondary N) is 1. The Morgan fingerprint density at radius 2 is 2.05 bits per heavy atom. The Labute approximate surface area is 116 Å². The number of rotatable bonds is 5. The number of pyridine rings is 1. The standard InChI is InChI=1S/C13H18N4OS/c1-3-7-16-9-5-6-10(12(16)18)11-14-15-13(19)17(11)8-4-2/h5-6,9H,3-4,7-8H2,1-2H3,(H,15,19). The number of hydrogen-bond donors (Lipinski definition) is 1. The maximum atomic E-state index is 12.4. The molecule has 0 amide bonds. The molecule has 0 aliphatic heterocycles. The van der Waals surface area contributed by atoms with Crippen LogP contribution in [0.3, 0.4) is 0 Å². The van der Waals surface area contributed by atoms with E-state index in [0.29, 0.717) is 22.7 Å². The molecule has 0 saturated heterocycles. The summed E-state index contributed by atoms with van der Waals surface area (Å²) in [7, 11) is 0. The van der Waals surface area contributed by atoms with Gasteiger partial charge in [-0.05, 0) is 37.2 Å². The topological polar surface area (TPSA) is 55.6 Å². The van der Waals surface area contributed by atoms with Crippen molar-refractivity contribution in [2.75, 3.05) is 0 Å². The minimum Gasteiger partial charge on any atom is -0.315 e. The molecule has 19 heavy (non-hydrogen) atoms. The van der Waals surface area contributed by atoms with Crippen LogP contribution in [0.1, 0.15) is 26.7 Å². The molecule has 6 heteroatoms. The molecule has 2 aromatic heterocycles. The van der Waals surface area contributed by atoms with Gasteiger partial charge in [0.25, 0.3) is 5.56 Å². The van der Waals surface area contributed by atoms with Gasteiger partial charge in [0.05, 0.1) is 5.56 Å². The largest absolute Gasteiger partial charge is 0.315 e. The van der Waals surface area contributed by atoms with E-state index < -0.39 is 0 Å². The van der Waals surface area contributed by atoms with Gasteiger partial charge in [0.1, 0.15) is 0 Å². The minimum absolute atomic E-state index is 0.0179. The summed E-state index contributed by atoms with van der Waals surface area (Å²) in [5.41, 5.74) is 0.576. The fraction of sp³-hybridized carbons (Fsp3) is 0.462. The van der Waals surface area contributed by atoms with Crippen LogP contribution in [0.25, 0.3) is 11.4 Å². The first-order valence-electron chi connectivity index (χ1n) is 6.54. The SMILES string of the molecule is CCCn1cccc(-c2n[nH]c(=S)n2CCC)c1=O. The zero-order chi connectivity index (χ0) is 13.8. The van der Waals surface area contributed by atoms with E-state index >= 15 is 0 Å². The second-order valence-electron chi connectivity index (χ2n) is 4.42. The monoisotopic (exact) mass is 278 g/mol. The molecule has 2 aromatic rings. The molecule has 0 unspecified atom stereocenters. The van der Waals surface area contributed by atoms with E-state index in [1.54, 1.807) is 16.8 Å². The minimum atomic E-state index is -0.0179. The van der Waals surface area contributed by atoms with Crippen LogP contribution in [0, 0.1) is 4.77 Å². The Balaban J connectivity index is 2.56. The Morgan fingerprint density at radius 3 is 2.74 bits per heavy atom. The molecule has 1 N–H and O–H groups in total. The highest BCUT2D eigenvalue weighted by molar-refractivity contribution is 7.71. The van der Waals surface area contributed by atoms with Crippen molar-refractivity contribution in [1.82, 2.24) is 19.3 Å². The average Bonchev–Trinajstić information content (AvgIpc) is 2.75. The summed E-state index contributed by atoms with van der Waals surface area (Å²) < 4.78 is 4.15. The highest BCUT2D eigenvalue weighted by Gasteiger charge is 2.12. The number of H-pyrrole nitrogens is 1. The zero-order valence-electron chi connectivity index (χ0n) is 11.2. The third-order valence-electron chi connectivity index (χ3n) is 2.93. The summed E-state index contributed by atoms with van der Waals surface area (Å²) >= 11 is 5.20. The lowest BCUT2D eigenvalue weighted by Gasteiger charge is -2.07. The van der Waals surface area contributed by atoms with Crippen molar-refractivity contribution in [2.45, 2.75) is 39.8 Å². The molecule has 0 aliphatic carbocycles. The molecule has 0 fully saturated rings. The molecule has 0 atom stereocenters. The van der Waals surface area contributed by atoms with Gasteiger partial charge in [-0.25, -0.2) is 0 Å². The number of aromatic nitrogens is 4. The zero-order valence-corrected chi connectivity index (χ0v) is 12.0. The second kappa shape index (κ2) is 5.97. The molecule has 0 aliphatic rings. The molecular formula is C13H18N4OS. The van der Waals surface area contributed by atoms with E-state index in [1.807, 2.05) is 17.6 Å². The lowest BCUT2D eigenvalue weighted by atomic mass is 10.2. The summed E-state index contributed by atoms with van der Waals surface area (Å²) in [5.74, 6) is 0.627. The third kappa shape index (κ3) is 2.68. The molecule has 0 radical (unpaired) electrons. The molecular weight excluding hydrogens is 260 g/mol. The maximum Gasteiger partial charge on any atom is 0.261 e. The van der Waals surface area contributed by atoms with Crippen LogP contribution in [0.4, 0.5) is 0 Å². The van der Waals surface area contributed by atoms with E-state index in [-0.39, 0.29) is 5.56 Å². The van der Waals surface area contributed by atoms with Gasteiger partial charge in [0.2, 0.25) is 0 Å². The number of aromatic amines is 1. The molecule has 0 aromatic carbocycles. The fourth-order valence-corrected chi connectivity index (χ4v) is 2.30. The molecule has 0 saturated carbocycles. The van der Waals surface area contributed by atoms with Crippen molar-refractivity contribution < 1.29 is 0 Å². The summed E-state index contributed by atoms with van der Waals surface area (Å²) in [5, 5.41) is 6.97. The molecule has 5 nitrogen and oxygen atoms in total. The first kappa shape index (κ1) is 13.7. The van der Waals surface area contributed by atoms with Crippen LogP contribution in [-0.4, -0.2) is 19.3 Å². The van der Waals surface area contributed by atoms with E-state index in [0.717, 1.165) is 19.4 Å². The summed E-state index contributed by atoms with van der Waals surface area (Å²) in [6.45, 7) is 5.59. The molecule has 0 bridgehead atoms. The van der Waals surface area contributed by atoms with Gasteiger partial charge in [-0.15, -0.1) is 0 Å². The third-order valence-corrected chi connectivity index (χ3v) is 3.24. The van der Waals surface area contributed by atoms with Crippen LogP contribution >= 0.6 is 12.2 Å². The number of nitrogens with zero attached hydrogens (tertiary/aromatic N) is 3. The van der Waals surface area contributed by atoms with E-state index in [9.17, 15) is 4.79 Å². The molecule has 102 valence electrons. The Bertz CT molecular complexity index is 668. The Kier molecular flexibility index (Phi) is 4.31. The van der Waals surface area contributed by atoms with Gasteiger partial charge in [0.15, 0.2) is 10.6 Å². The van der Waals surface area contributed by atoms with Gasteiger partial charge in [0, 0.05) is 19.3 Å². The van der Waals surface area contributed by atoms with Crippen molar-refractivity contribution in [3.05, 3.63) is 33.5 Å². The number of hydrogen-bond acceptors (Lipinski definition) is 3. The lowest BCUT2D eigenvalue weighted by Crippen LogP contribution is -2.22. The lowest BCUT2D eigenvalue weighted by molar-refractivity contribution is 0.649. The highest BCUT2D eigenvalue weighted by atomic mass is 32.1. The van der Waals surface area contributed by atoms with Crippen LogP contribution in [0.2, 0.25) is 0 Å². The van der Waals surface area contributed by atoms with Crippen molar-refractivity contribution in [2.24, 2.45) is 0 Å². The van der Waals surface area contributed by atoms with E-state index in [2.05, 4.69) is 17.1 Å². The molecule has 2 heterocycles. The van der Waals surface area contributed by atoms with Gasteiger partial charge < -0.3 is 9.13 Å². The maximum absolute atomic E-state index is 12.4. The van der Waals surface area contributed by atoms with Crippen LogP contribution in [-0.2, 0) is 13.1 Å². The summed E-state index contributed by atoms with van der Waals surface area (Å²) in [6, 6.07) is 3.67. The predicted molar refractivity (Wildman–Crippen MR) is 77.7 cm³/mol. The second-order valence-corrected chi connectivity index (χ2v) is 4.81. The quantitative estimate of drug-likeness (QED) is 0.855. The fourth-order valence-electron chi connectivity index (χ4n) is 2.08. The molecule has 0 spiro atoms. The normalized spacial score (nSPS) is 10.8. The summed E-state index contributed by atoms with van der Waals surface area (Å²) in [6.07, 6.45) is 3.67. The van der Waals surface area contributed by atoms with Gasteiger partial charge in [-0.3, -0.25) is 9.89 Å². The van der Waals surface area contributed by atoms with Crippen molar-refractivity contribution >= 4 is 12.2 Å². The highest BCUT2D eigenvalue weighted by Crippen LogP contribution is 2.13. The predicted octanol–water partition coefficient (Wildman–Crippen LogP) is 2.59. The Morgan fingerprint density at radius 1 is 1.32 bits per heavy atom. The van der Waals surface area contributed by atoms with Crippen molar-refractivity contribution in [3.8, 4) is 11.4 Å². The first-order chi connectivity index (χ1) is 9.19. The first-order valence-corrected chi connectivity index (χ1v) is 6.94. The van der Waals surface area contributed by atoms with Gasteiger partial charge >= 0.3 is 0 Å². The van der Waals surface area contributed by atoms with Crippen molar-refractivity contribution in [3.63, 3.8) is 0 Å². The van der Waals surface area contributed by atoms with Crippen LogP contribution in [0.5, 0.6) is 0 Å². The van der Waals surface area contributed by atoms with Crippen molar-refractivity contribution in [1.29, 1.82) is 0 Å². The molecule has 2 rings (SSSR count). The summed E-state index contributed by atoms with van der Waals surface area (Å²) in [4.78, 5) is 12.4. The van der Waals surface area contributed by atoms with Gasteiger partial charge in [-0.2, -0.15) is 5.10 Å². The van der Waals surface area contributed by atoms with Gasteiger partial charge in [-0.1, -0.05) is 13.8 Å².